The molecule has 2 rings (SSSR count). The number of carbonyl (C=O) groups excluding carboxylic acids is 1. The summed E-state index contributed by atoms with van der Waals surface area (Å²) in [5.41, 5.74) is 2.40. The van der Waals surface area contributed by atoms with Crippen molar-refractivity contribution in [1.82, 2.24) is 5.32 Å². The Morgan fingerprint density at radius 2 is 1.62 bits per heavy atom. The van der Waals surface area contributed by atoms with Crippen molar-refractivity contribution in [3.63, 3.8) is 0 Å². The molecule has 0 unspecified atom stereocenters. The first-order valence-corrected chi connectivity index (χ1v) is 9.93. The Hall–Kier alpha value is -1.71. The fourth-order valence-corrected chi connectivity index (χ4v) is 3.23. The van der Waals surface area contributed by atoms with Crippen LogP contribution in [0.1, 0.15) is 44.6 Å². The second-order valence-electron chi connectivity index (χ2n) is 6.32. The first-order valence-electron chi connectivity index (χ1n) is 9.17. The van der Waals surface area contributed by atoms with E-state index in [-0.39, 0.29) is 5.91 Å². The number of amides is 1. The van der Waals surface area contributed by atoms with Gasteiger partial charge in [0, 0.05) is 12.2 Å². The van der Waals surface area contributed by atoms with Crippen LogP contribution in [0.3, 0.4) is 0 Å². The summed E-state index contributed by atoms with van der Waals surface area (Å²) in [7, 11) is 0. The molecule has 26 heavy (non-hydrogen) atoms. The minimum Gasteiger partial charge on any atom is -0.356 e. The summed E-state index contributed by atoms with van der Waals surface area (Å²) in [6, 6.07) is 13.1. The average molecular weight is 393 g/mol. The van der Waals surface area contributed by atoms with Crippen molar-refractivity contribution in [3.8, 4) is 0 Å². The molecule has 5 heteroatoms. The molecule has 0 aromatic heterocycles. The third-order valence-corrected chi connectivity index (χ3v) is 4.82. The van der Waals surface area contributed by atoms with Gasteiger partial charge in [0.25, 0.3) is 0 Å². The first-order chi connectivity index (χ1) is 12.6. The highest BCUT2D eigenvalue weighted by atomic mass is 35.5. The molecule has 0 aliphatic heterocycles. The van der Waals surface area contributed by atoms with Crippen molar-refractivity contribution in [1.29, 1.82) is 0 Å². The van der Waals surface area contributed by atoms with E-state index >= 15 is 0 Å². The monoisotopic (exact) mass is 392 g/mol. The van der Waals surface area contributed by atoms with Gasteiger partial charge in [0.05, 0.1) is 22.2 Å². The molecule has 2 aromatic carbocycles. The van der Waals surface area contributed by atoms with Crippen LogP contribution in [0, 0.1) is 0 Å². The molecular formula is C21H26Cl2N2O. The van der Waals surface area contributed by atoms with Crippen LogP contribution in [0.15, 0.2) is 42.5 Å². The second kappa shape index (κ2) is 11.1. The molecule has 0 saturated heterocycles. The van der Waals surface area contributed by atoms with Crippen LogP contribution in [0.4, 0.5) is 11.4 Å². The smallest absolute Gasteiger partial charge is 0.224 e. The number of nitrogens with one attached hydrogen (secondary N) is 2. The van der Waals surface area contributed by atoms with Gasteiger partial charge < -0.3 is 10.6 Å². The number of rotatable bonds is 10. The maximum absolute atomic E-state index is 12.2. The number of para-hydroxylation sites is 2. The maximum atomic E-state index is 12.2. The molecule has 140 valence electrons. The topological polar surface area (TPSA) is 41.1 Å². The minimum atomic E-state index is 0.0278. The molecule has 0 aliphatic carbocycles. The molecule has 0 bridgehead atoms. The molecule has 1 amide bonds. The summed E-state index contributed by atoms with van der Waals surface area (Å²) in [5.74, 6) is 0.0278. The lowest BCUT2D eigenvalue weighted by molar-refractivity contribution is -0.120. The Morgan fingerprint density at radius 1 is 0.923 bits per heavy atom. The van der Waals surface area contributed by atoms with Crippen LogP contribution in [-0.2, 0) is 11.2 Å². The van der Waals surface area contributed by atoms with Crippen LogP contribution >= 0.6 is 23.2 Å². The SMILES string of the molecule is CCCCCCCNC(=O)Cc1ccccc1Nc1c(Cl)cccc1Cl. The lowest BCUT2D eigenvalue weighted by atomic mass is 10.1. The predicted molar refractivity (Wildman–Crippen MR) is 112 cm³/mol. The van der Waals surface area contributed by atoms with Crippen molar-refractivity contribution in [2.45, 2.75) is 45.4 Å². The Labute approximate surface area is 166 Å². The van der Waals surface area contributed by atoms with Gasteiger partial charge in [0.2, 0.25) is 5.91 Å². The number of halogens is 2. The zero-order chi connectivity index (χ0) is 18.8. The standard InChI is InChI=1S/C21H26Cl2N2O/c1-2-3-4-5-8-14-24-20(26)15-16-10-6-7-13-19(16)25-21-17(22)11-9-12-18(21)23/h6-7,9-13,25H,2-5,8,14-15H2,1H3,(H,24,26). The molecule has 2 N–H and O–H groups in total. The third kappa shape index (κ3) is 6.54. The van der Waals surface area contributed by atoms with Gasteiger partial charge in [-0.25, -0.2) is 0 Å². The molecule has 2 aromatic rings. The van der Waals surface area contributed by atoms with Gasteiger partial charge in [-0.3, -0.25) is 4.79 Å². The van der Waals surface area contributed by atoms with Gasteiger partial charge in [-0.1, -0.05) is 80.1 Å². The van der Waals surface area contributed by atoms with Gasteiger partial charge >= 0.3 is 0 Å². The predicted octanol–water partition coefficient (Wildman–Crippen LogP) is 6.37. The van der Waals surface area contributed by atoms with E-state index in [2.05, 4.69) is 17.6 Å². The van der Waals surface area contributed by atoms with E-state index in [1.54, 1.807) is 18.2 Å². The third-order valence-electron chi connectivity index (χ3n) is 4.19. The summed E-state index contributed by atoms with van der Waals surface area (Å²) in [6.07, 6.45) is 6.24. The summed E-state index contributed by atoms with van der Waals surface area (Å²) >= 11 is 12.5. The van der Waals surface area contributed by atoms with Crippen molar-refractivity contribution in [2.24, 2.45) is 0 Å². The molecule has 0 saturated carbocycles. The Bertz CT molecular complexity index is 699. The fraction of sp³-hybridized carbons (Fsp3) is 0.381. The van der Waals surface area contributed by atoms with Gasteiger partial charge in [-0.05, 0) is 30.2 Å². The van der Waals surface area contributed by atoms with Gasteiger partial charge in [0.15, 0.2) is 0 Å². The molecule has 3 nitrogen and oxygen atoms in total. The van der Waals surface area contributed by atoms with E-state index in [4.69, 9.17) is 23.2 Å². The Kier molecular flexibility index (Phi) is 8.79. The van der Waals surface area contributed by atoms with Gasteiger partial charge in [0.1, 0.15) is 0 Å². The van der Waals surface area contributed by atoms with E-state index in [0.29, 0.717) is 22.2 Å². The summed E-state index contributed by atoms with van der Waals surface area (Å²) in [4.78, 5) is 12.2. The zero-order valence-electron chi connectivity index (χ0n) is 15.2. The van der Waals surface area contributed by atoms with Crippen LogP contribution in [-0.4, -0.2) is 12.5 Å². The second-order valence-corrected chi connectivity index (χ2v) is 7.13. The maximum Gasteiger partial charge on any atom is 0.224 e. The summed E-state index contributed by atoms with van der Waals surface area (Å²) < 4.78 is 0. The molecule has 0 spiro atoms. The van der Waals surface area contributed by atoms with Crippen LogP contribution in [0.5, 0.6) is 0 Å². The lowest BCUT2D eigenvalue weighted by Gasteiger charge is -2.14. The fourth-order valence-electron chi connectivity index (χ4n) is 2.74. The van der Waals surface area contributed by atoms with E-state index < -0.39 is 0 Å². The Balaban J connectivity index is 1.93. The van der Waals surface area contributed by atoms with E-state index in [9.17, 15) is 4.79 Å². The average Bonchev–Trinajstić information content (AvgIpc) is 2.62. The quantitative estimate of drug-likeness (QED) is 0.461. The van der Waals surface area contributed by atoms with E-state index in [1.807, 2.05) is 24.3 Å². The van der Waals surface area contributed by atoms with Gasteiger partial charge in [-0.2, -0.15) is 0 Å². The zero-order valence-corrected chi connectivity index (χ0v) is 16.7. The van der Waals surface area contributed by atoms with E-state index in [0.717, 1.165) is 30.6 Å². The van der Waals surface area contributed by atoms with Crippen molar-refractivity contribution < 1.29 is 4.79 Å². The van der Waals surface area contributed by atoms with Gasteiger partial charge in [-0.15, -0.1) is 0 Å². The highest BCUT2D eigenvalue weighted by Crippen LogP contribution is 2.33. The van der Waals surface area contributed by atoms with Crippen LogP contribution in [0.2, 0.25) is 10.0 Å². The molecule has 0 atom stereocenters. The highest BCUT2D eigenvalue weighted by Gasteiger charge is 2.11. The number of unbranched alkanes of at least 4 members (excludes halogenated alkanes) is 4. The largest absolute Gasteiger partial charge is 0.356 e. The van der Waals surface area contributed by atoms with Crippen molar-refractivity contribution in [2.75, 3.05) is 11.9 Å². The first kappa shape index (κ1) is 20.6. The van der Waals surface area contributed by atoms with E-state index in [1.165, 1.54) is 19.3 Å². The number of carbonyl (C=O) groups is 1. The lowest BCUT2D eigenvalue weighted by Crippen LogP contribution is -2.26. The van der Waals surface area contributed by atoms with Crippen molar-refractivity contribution in [3.05, 3.63) is 58.1 Å². The normalized spacial score (nSPS) is 10.6. The molecule has 0 heterocycles. The number of hydrogen-bond donors (Lipinski definition) is 2. The number of anilines is 2. The summed E-state index contributed by atoms with van der Waals surface area (Å²) in [6.45, 7) is 2.93. The molecule has 0 aliphatic rings. The minimum absolute atomic E-state index is 0.0278. The van der Waals surface area contributed by atoms with Crippen LogP contribution in [0.25, 0.3) is 0 Å². The highest BCUT2D eigenvalue weighted by molar-refractivity contribution is 6.39. The Morgan fingerprint density at radius 3 is 2.35 bits per heavy atom. The molecule has 0 radical (unpaired) electrons. The number of benzene rings is 2. The number of hydrogen-bond acceptors (Lipinski definition) is 2. The van der Waals surface area contributed by atoms with Crippen LogP contribution < -0.4 is 10.6 Å². The van der Waals surface area contributed by atoms with Crippen molar-refractivity contribution >= 4 is 40.5 Å². The molecular weight excluding hydrogens is 367 g/mol. The molecule has 0 fully saturated rings. The summed E-state index contributed by atoms with van der Waals surface area (Å²) in [5, 5.41) is 7.35.